The zero-order chi connectivity index (χ0) is 11.1. The summed E-state index contributed by atoms with van der Waals surface area (Å²) in [7, 11) is 0. The molecule has 0 spiro atoms. The highest BCUT2D eigenvalue weighted by molar-refractivity contribution is 5.69. The van der Waals surface area contributed by atoms with Crippen molar-refractivity contribution in [3.8, 4) is 12.3 Å². The van der Waals surface area contributed by atoms with E-state index in [1.54, 1.807) is 17.3 Å². The number of carboxylic acid groups (broad SMARTS) is 1. The molecule has 1 heterocycles. The van der Waals surface area contributed by atoms with Crippen LogP contribution >= 0.6 is 0 Å². The molecule has 0 atom stereocenters. The Hall–Kier alpha value is -1.86. The summed E-state index contributed by atoms with van der Waals surface area (Å²) in [5.41, 5.74) is 0.953. The average molecular weight is 204 g/mol. The van der Waals surface area contributed by atoms with Crippen LogP contribution in [0.5, 0.6) is 0 Å². The van der Waals surface area contributed by atoms with Gasteiger partial charge in [0.15, 0.2) is 0 Å². The largest absolute Gasteiger partial charge is 0.480 e. The second-order valence-electron chi connectivity index (χ2n) is 3.10. The molecule has 4 heteroatoms. The van der Waals surface area contributed by atoms with Crippen LogP contribution in [0.15, 0.2) is 24.5 Å². The predicted molar refractivity (Wildman–Crippen MR) is 56.0 cm³/mol. The van der Waals surface area contributed by atoms with Gasteiger partial charge in [0.25, 0.3) is 0 Å². The monoisotopic (exact) mass is 204 g/mol. The number of aromatic nitrogens is 1. The molecule has 0 amide bonds. The standard InChI is InChI=1S/C11H12N2O2/c1-2-6-13(9-11(14)15)8-10-4-3-5-12-7-10/h1,3-5,7H,6,8-9H2,(H,14,15). The molecular formula is C11H12N2O2. The van der Waals surface area contributed by atoms with Gasteiger partial charge >= 0.3 is 5.97 Å². The molecule has 0 aliphatic carbocycles. The van der Waals surface area contributed by atoms with Crippen LogP contribution in [0, 0.1) is 12.3 Å². The van der Waals surface area contributed by atoms with Crippen LogP contribution in [0.2, 0.25) is 0 Å². The van der Waals surface area contributed by atoms with Gasteiger partial charge in [-0.1, -0.05) is 12.0 Å². The first kappa shape index (κ1) is 11.2. The molecule has 0 unspecified atom stereocenters. The van der Waals surface area contributed by atoms with Crippen molar-refractivity contribution < 1.29 is 9.90 Å². The van der Waals surface area contributed by atoms with Crippen molar-refractivity contribution in [2.24, 2.45) is 0 Å². The molecule has 0 aliphatic rings. The maximum absolute atomic E-state index is 10.5. The molecular weight excluding hydrogens is 192 g/mol. The Morgan fingerprint density at radius 2 is 2.47 bits per heavy atom. The molecule has 0 aromatic carbocycles. The maximum atomic E-state index is 10.5. The molecule has 0 saturated carbocycles. The van der Waals surface area contributed by atoms with E-state index in [0.29, 0.717) is 13.1 Å². The van der Waals surface area contributed by atoms with Gasteiger partial charge in [-0.15, -0.1) is 6.42 Å². The molecule has 0 radical (unpaired) electrons. The Labute approximate surface area is 88.6 Å². The van der Waals surface area contributed by atoms with Gasteiger partial charge in [-0.3, -0.25) is 14.7 Å². The van der Waals surface area contributed by atoms with Gasteiger partial charge < -0.3 is 5.11 Å². The number of terminal acetylenes is 1. The Bertz CT molecular complexity index is 357. The topological polar surface area (TPSA) is 53.4 Å². The summed E-state index contributed by atoms with van der Waals surface area (Å²) in [6.45, 7) is 0.768. The van der Waals surface area contributed by atoms with Gasteiger partial charge in [0, 0.05) is 18.9 Å². The first-order valence-corrected chi connectivity index (χ1v) is 4.49. The van der Waals surface area contributed by atoms with E-state index >= 15 is 0 Å². The summed E-state index contributed by atoms with van der Waals surface area (Å²) in [4.78, 5) is 16.2. The molecule has 1 aromatic rings. The Kier molecular flexibility index (Phi) is 4.32. The lowest BCUT2D eigenvalue weighted by molar-refractivity contribution is -0.138. The van der Waals surface area contributed by atoms with Crippen molar-refractivity contribution >= 4 is 5.97 Å². The van der Waals surface area contributed by atoms with E-state index in [2.05, 4.69) is 10.9 Å². The second kappa shape index (κ2) is 5.78. The molecule has 0 saturated heterocycles. The van der Waals surface area contributed by atoms with Gasteiger partial charge in [0.2, 0.25) is 0 Å². The number of aliphatic carboxylic acids is 1. The van der Waals surface area contributed by atoms with E-state index in [1.807, 2.05) is 12.1 Å². The highest BCUT2D eigenvalue weighted by atomic mass is 16.4. The van der Waals surface area contributed by atoms with Crippen LogP contribution < -0.4 is 0 Å². The minimum absolute atomic E-state index is 0.0565. The summed E-state index contributed by atoms with van der Waals surface area (Å²) in [5.74, 6) is 1.56. The molecule has 15 heavy (non-hydrogen) atoms. The summed E-state index contributed by atoms with van der Waals surface area (Å²) in [5, 5.41) is 8.66. The van der Waals surface area contributed by atoms with Gasteiger partial charge in [-0.2, -0.15) is 0 Å². The first-order valence-electron chi connectivity index (χ1n) is 4.49. The van der Waals surface area contributed by atoms with E-state index in [-0.39, 0.29) is 6.54 Å². The molecule has 4 nitrogen and oxygen atoms in total. The number of pyridine rings is 1. The van der Waals surface area contributed by atoms with Crippen LogP contribution in [0.1, 0.15) is 5.56 Å². The number of carboxylic acids is 1. The van der Waals surface area contributed by atoms with Crippen molar-refractivity contribution in [3.05, 3.63) is 30.1 Å². The molecule has 1 aromatic heterocycles. The van der Waals surface area contributed by atoms with Crippen LogP contribution in [-0.2, 0) is 11.3 Å². The van der Waals surface area contributed by atoms with Gasteiger partial charge in [0.05, 0.1) is 13.1 Å². The minimum atomic E-state index is -0.880. The van der Waals surface area contributed by atoms with Crippen molar-refractivity contribution in [2.45, 2.75) is 6.54 Å². The van der Waals surface area contributed by atoms with Crippen molar-refractivity contribution in [1.29, 1.82) is 0 Å². The quantitative estimate of drug-likeness (QED) is 0.714. The minimum Gasteiger partial charge on any atom is -0.480 e. The lowest BCUT2D eigenvalue weighted by Gasteiger charge is -2.16. The fraction of sp³-hybridized carbons (Fsp3) is 0.273. The summed E-state index contributed by atoms with van der Waals surface area (Å²) in [6, 6.07) is 3.70. The van der Waals surface area contributed by atoms with E-state index in [0.717, 1.165) is 5.56 Å². The third kappa shape index (κ3) is 4.25. The van der Waals surface area contributed by atoms with E-state index in [1.165, 1.54) is 0 Å². The van der Waals surface area contributed by atoms with Crippen molar-refractivity contribution in [3.63, 3.8) is 0 Å². The molecule has 0 bridgehead atoms. The van der Waals surface area contributed by atoms with Crippen LogP contribution in [-0.4, -0.2) is 34.0 Å². The third-order valence-electron chi connectivity index (χ3n) is 1.80. The van der Waals surface area contributed by atoms with Crippen LogP contribution in [0.3, 0.4) is 0 Å². The zero-order valence-corrected chi connectivity index (χ0v) is 8.26. The number of rotatable bonds is 5. The van der Waals surface area contributed by atoms with E-state index < -0.39 is 5.97 Å². The molecule has 1 rings (SSSR count). The zero-order valence-electron chi connectivity index (χ0n) is 8.26. The third-order valence-corrected chi connectivity index (χ3v) is 1.80. The Balaban J connectivity index is 2.59. The highest BCUT2D eigenvalue weighted by Crippen LogP contribution is 2.01. The number of hydrogen-bond donors (Lipinski definition) is 1. The number of nitrogens with zero attached hydrogens (tertiary/aromatic N) is 2. The normalized spacial score (nSPS) is 9.87. The van der Waals surface area contributed by atoms with Gasteiger partial charge in [-0.25, -0.2) is 0 Å². The Morgan fingerprint density at radius 3 is 3.00 bits per heavy atom. The fourth-order valence-electron chi connectivity index (χ4n) is 1.24. The summed E-state index contributed by atoms with van der Waals surface area (Å²) < 4.78 is 0. The first-order chi connectivity index (χ1) is 7.22. The van der Waals surface area contributed by atoms with E-state index in [9.17, 15) is 4.79 Å². The average Bonchev–Trinajstić information content (AvgIpc) is 2.18. The van der Waals surface area contributed by atoms with Crippen LogP contribution in [0.4, 0.5) is 0 Å². The predicted octanol–water partition coefficient (Wildman–Crippen LogP) is 0.601. The van der Waals surface area contributed by atoms with E-state index in [4.69, 9.17) is 11.5 Å². The number of hydrogen-bond acceptors (Lipinski definition) is 3. The number of carbonyl (C=O) groups is 1. The molecule has 78 valence electrons. The lowest BCUT2D eigenvalue weighted by atomic mass is 10.2. The smallest absolute Gasteiger partial charge is 0.317 e. The van der Waals surface area contributed by atoms with Crippen LogP contribution in [0.25, 0.3) is 0 Å². The molecule has 0 aliphatic heterocycles. The SMILES string of the molecule is C#CCN(CC(=O)O)Cc1cccnc1. The fourth-order valence-corrected chi connectivity index (χ4v) is 1.24. The highest BCUT2D eigenvalue weighted by Gasteiger charge is 2.08. The summed E-state index contributed by atoms with van der Waals surface area (Å²) >= 11 is 0. The summed E-state index contributed by atoms with van der Waals surface area (Å²) in [6.07, 6.45) is 8.53. The van der Waals surface area contributed by atoms with Crippen molar-refractivity contribution in [1.82, 2.24) is 9.88 Å². The molecule has 0 fully saturated rings. The van der Waals surface area contributed by atoms with Crippen molar-refractivity contribution in [2.75, 3.05) is 13.1 Å². The second-order valence-corrected chi connectivity index (χ2v) is 3.10. The lowest BCUT2D eigenvalue weighted by Crippen LogP contribution is -2.29. The van der Waals surface area contributed by atoms with Gasteiger partial charge in [0.1, 0.15) is 0 Å². The maximum Gasteiger partial charge on any atom is 0.317 e. The molecule has 1 N–H and O–H groups in total. The Morgan fingerprint density at radius 1 is 1.67 bits per heavy atom. The van der Waals surface area contributed by atoms with Gasteiger partial charge in [-0.05, 0) is 11.6 Å².